The molecule has 1 rings (SSSR count). The predicted octanol–water partition coefficient (Wildman–Crippen LogP) is 2.89. The third-order valence-electron chi connectivity index (χ3n) is 2.76. The van der Waals surface area contributed by atoms with Crippen LogP contribution in [0.15, 0.2) is 24.3 Å². The van der Waals surface area contributed by atoms with Crippen molar-refractivity contribution < 1.29 is 14.3 Å². The summed E-state index contributed by atoms with van der Waals surface area (Å²) in [5.74, 6) is 0.806. The zero-order chi connectivity index (χ0) is 13.4. The number of methoxy groups -OCH3 is 1. The van der Waals surface area contributed by atoms with Crippen molar-refractivity contribution in [2.75, 3.05) is 7.11 Å². The predicted molar refractivity (Wildman–Crippen MR) is 70.7 cm³/mol. The molecule has 100 valence electrons. The molecule has 0 heterocycles. The number of rotatable bonds is 7. The maximum atomic E-state index is 10.9. The Morgan fingerprint density at radius 3 is 2.83 bits per heavy atom. The summed E-state index contributed by atoms with van der Waals surface area (Å²) >= 11 is 0. The number of benzene rings is 1. The van der Waals surface area contributed by atoms with E-state index in [4.69, 9.17) is 15.2 Å². The van der Waals surface area contributed by atoms with Crippen molar-refractivity contribution in [2.45, 2.75) is 38.7 Å². The van der Waals surface area contributed by atoms with E-state index in [1.165, 1.54) is 0 Å². The lowest BCUT2D eigenvalue weighted by molar-refractivity contribution is 0.0997. The van der Waals surface area contributed by atoms with Gasteiger partial charge in [0.2, 0.25) is 0 Å². The molecule has 1 aromatic rings. The minimum Gasteiger partial charge on any atom is -0.497 e. The summed E-state index contributed by atoms with van der Waals surface area (Å²) in [6.45, 7) is 2.10. The molecule has 4 nitrogen and oxygen atoms in total. The van der Waals surface area contributed by atoms with Gasteiger partial charge >= 0.3 is 6.09 Å². The van der Waals surface area contributed by atoms with E-state index >= 15 is 0 Å². The Morgan fingerprint density at radius 2 is 2.22 bits per heavy atom. The Morgan fingerprint density at radius 1 is 1.44 bits per heavy atom. The fourth-order valence-corrected chi connectivity index (χ4v) is 1.86. The van der Waals surface area contributed by atoms with Crippen LogP contribution in [0.25, 0.3) is 0 Å². The van der Waals surface area contributed by atoms with Crippen LogP contribution in [0, 0.1) is 0 Å². The maximum Gasteiger partial charge on any atom is 0.404 e. The number of ether oxygens (including phenoxy) is 2. The van der Waals surface area contributed by atoms with Gasteiger partial charge in [-0.3, -0.25) is 0 Å². The van der Waals surface area contributed by atoms with Gasteiger partial charge in [0, 0.05) is 6.42 Å². The van der Waals surface area contributed by atoms with E-state index in [9.17, 15) is 4.79 Å². The van der Waals surface area contributed by atoms with Crippen LogP contribution < -0.4 is 10.5 Å². The fourth-order valence-electron chi connectivity index (χ4n) is 1.86. The molecule has 0 radical (unpaired) electrons. The highest BCUT2D eigenvalue weighted by Crippen LogP contribution is 2.17. The average molecular weight is 251 g/mol. The first-order valence-electron chi connectivity index (χ1n) is 6.24. The van der Waals surface area contributed by atoms with Gasteiger partial charge in [0.25, 0.3) is 0 Å². The summed E-state index contributed by atoms with van der Waals surface area (Å²) in [4.78, 5) is 10.9. The number of carbonyl (C=O) groups is 1. The van der Waals surface area contributed by atoms with Crippen LogP contribution >= 0.6 is 0 Å². The lowest BCUT2D eigenvalue weighted by atomic mass is 10.0. The second kappa shape index (κ2) is 7.58. The second-order valence-electron chi connectivity index (χ2n) is 4.26. The van der Waals surface area contributed by atoms with Gasteiger partial charge in [-0.05, 0) is 24.1 Å². The third-order valence-corrected chi connectivity index (χ3v) is 2.76. The first-order chi connectivity index (χ1) is 8.65. The van der Waals surface area contributed by atoms with Gasteiger partial charge in [0.1, 0.15) is 11.9 Å². The van der Waals surface area contributed by atoms with Crippen molar-refractivity contribution in [3.05, 3.63) is 29.8 Å². The highest BCUT2D eigenvalue weighted by Gasteiger charge is 2.13. The number of amides is 1. The molecule has 4 heteroatoms. The Bertz CT molecular complexity index is 379. The maximum absolute atomic E-state index is 10.9. The quantitative estimate of drug-likeness (QED) is 0.810. The largest absolute Gasteiger partial charge is 0.497 e. The topological polar surface area (TPSA) is 61.6 Å². The Balaban J connectivity index is 2.65. The number of hydrogen-bond acceptors (Lipinski definition) is 3. The number of hydrogen-bond donors (Lipinski definition) is 1. The van der Waals surface area contributed by atoms with Gasteiger partial charge in [0.15, 0.2) is 0 Å². The molecule has 0 fully saturated rings. The van der Waals surface area contributed by atoms with Gasteiger partial charge < -0.3 is 15.2 Å². The normalized spacial score (nSPS) is 11.9. The van der Waals surface area contributed by atoms with Crippen molar-refractivity contribution in [3.8, 4) is 5.75 Å². The van der Waals surface area contributed by atoms with Crippen molar-refractivity contribution >= 4 is 6.09 Å². The molecular formula is C14H21NO3. The van der Waals surface area contributed by atoms with Crippen molar-refractivity contribution in [3.63, 3.8) is 0 Å². The van der Waals surface area contributed by atoms with Crippen molar-refractivity contribution in [1.82, 2.24) is 0 Å². The number of primary amides is 1. The molecular weight excluding hydrogens is 230 g/mol. The van der Waals surface area contributed by atoms with Gasteiger partial charge in [-0.25, -0.2) is 4.79 Å². The molecule has 18 heavy (non-hydrogen) atoms. The third kappa shape index (κ3) is 5.08. The second-order valence-corrected chi connectivity index (χ2v) is 4.26. The number of carbonyl (C=O) groups excluding carboxylic acids is 1. The van der Waals surface area contributed by atoms with Crippen LogP contribution in [0.5, 0.6) is 5.75 Å². The average Bonchev–Trinajstić information content (AvgIpc) is 2.35. The van der Waals surface area contributed by atoms with E-state index in [0.717, 1.165) is 30.6 Å². The monoisotopic (exact) mass is 251 g/mol. The van der Waals surface area contributed by atoms with Crippen molar-refractivity contribution in [2.24, 2.45) is 5.73 Å². The van der Waals surface area contributed by atoms with Crippen LogP contribution in [0.2, 0.25) is 0 Å². The first kappa shape index (κ1) is 14.4. The lowest BCUT2D eigenvalue weighted by Gasteiger charge is -2.16. The molecule has 0 aliphatic carbocycles. The Kier molecular flexibility index (Phi) is 6.05. The summed E-state index contributed by atoms with van der Waals surface area (Å²) in [5.41, 5.74) is 6.17. The van der Waals surface area contributed by atoms with Gasteiger partial charge in [-0.1, -0.05) is 31.9 Å². The van der Waals surface area contributed by atoms with Gasteiger partial charge in [-0.2, -0.15) is 0 Å². The summed E-state index contributed by atoms with van der Waals surface area (Å²) in [5, 5.41) is 0. The smallest absolute Gasteiger partial charge is 0.404 e. The molecule has 0 aliphatic rings. The van der Waals surface area contributed by atoms with Gasteiger partial charge in [0.05, 0.1) is 7.11 Å². The molecule has 0 spiro atoms. The van der Waals surface area contributed by atoms with Crippen LogP contribution in [-0.4, -0.2) is 19.3 Å². The van der Waals surface area contributed by atoms with E-state index in [1.54, 1.807) is 7.11 Å². The highest BCUT2D eigenvalue weighted by molar-refractivity contribution is 5.64. The molecule has 1 atom stereocenters. The zero-order valence-corrected chi connectivity index (χ0v) is 11.0. The van der Waals surface area contributed by atoms with E-state index in [2.05, 4.69) is 6.92 Å². The highest BCUT2D eigenvalue weighted by atomic mass is 16.6. The van der Waals surface area contributed by atoms with Crippen LogP contribution in [0.4, 0.5) is 4.79 Å². The summed E-state index contributed by atoms with van der Waals surface area (Å²) in [6, 6.07) is 7.75. The molecule has 0 saturated carbocycles. The first-order valence-corrected chi connectivity index (χ1v) is 6.24. The Labute approximate surface area is 108 Å². The number of nitrogens with two attached hydrogens (primary N) is 1. The van der Waals surface area contributed by atoms with Gasteiger partial charge in [-0.15, -0.1) is 0 Å². The van der Waals surface area contributed by atoms with E-state index in [-0.39, 0.29) is 6.10 Å². The van der Waals surface area contributed by atoms with Crippen LogP contribution in [-0.2, 0) is 11.2 Å². The van der Waals surface area contributed by atoms with Crippen LogP contribution in [0.1, 0.15) is 31.7 Å². The summed E-state index contributed by atoms with van der Waals surface area (Å²) in [7, 11) is 1.63. The Hall–Kier alpha value is -1.71. The summed E-state index contributed by atoms with van der Waals surface area (Å²) < 4.78 is 10.3. The molecule has 0 aromatic heterocycles. The van der Waals surface area contributed by atoms with E-state index in [0.29, 0.717) is 6.42 Å². The lowest BCUT2D eigenvalue weighted by Crippen LogP contribution is -2.24. The number of unbranched alkanes of at least 4 members (excludes halogenated alkanes) is 1. The molecule has 2 N–H and O–H groups in total. The zero-order valence-electron chi connectivity index (χ0n) is 11.0. The molecule has 0 aliphatic heterocycles. The minimum atomic E-state index is -0.709. The fraction of sp³-hybridized carbons (Fsp3) is 0.500. The summed E-state index contributed by atoms with van der Waals surface area (Å²) in [6.07, 6.45) is 2.71. The minimum absolute atomic E-state index is 0.158. The molecule has 1 aromatic carbocycles. The van der Waals surface area contributed by atoms with E-state index < -0.39 is 6.09 Å². The van der Waals surface area contributed by atoms with E-state index in [1.807, 2.05) is 24.3 Å². The van der Waals surface area contributed by atoms with Crippen LogP contribution in [0.3, 0.4) is 0 Å². The SMILES string of the molecule is CCCC[C@@H](Cc1cccc(OC)c1)OC(N)=O. The molecule has 1 amide bonds. The molecule has 0 bridgehead atoms. The van der Waals surface area contributed by atoms with Crippen molar-refractivity contribution in [1.29, 1.82) is 0 Å². The molecule has 0 saturated heterocycles. The molecule has 0 unspecified atom stereocenters. The standard InChI is InChI=1S/C14H21NO3/c1-3-4-7-13(18-14(15)16)10-11-6-5-8-12(9-11)17-2/h5-6,8-9,13H,3-4,7,10H2,1-2H3,(H2,15,16)/t13-/m0/s1.